The molecule has 2 aromatic rings. The molecule has 0 radical (unpaired) electrons. The first-order chi connectivity index (χ1) is 18.0. The molecule has 9 nitrogen and oxygen atoms in total. The lowest BCUT2D eigenvalue weighted by molar-refractivity contribution is -0.100. The molecule has 0 spiro atoms. The Hall–Kier alpha value is -2.54. The molecule has 12 heteroatoms. The minimum Gasteiger partial charge on any atom is -0.464 e. The van der Waals surface area contributed by atoms with E-state index in [1.165, 1.54) is 9.29 Å². The van der Waals surface area contributed by atoms with Crippen LogP contribution >= 0.6 is 0 Å². The van der Waals surface area contributed by atoms with Gasteiger partial charge in [0.15, 0.2) is 0 Å². The first-order valence-electron chi connectivity index (χ1n) is 13.5. The number of fused-ring (bicyclic) bond motifs is 3. The average molecular weight is 530 g/mol. The molecule has 3 N–H and O–H groups in total. The predicted molar refractivity (Wildman–Crippen MR) is 137 cm³/mol. The Bertz CT molecular complexity index is 1320. The number of aromatic nitrogens is 4. The Labute approximate surface area is 220 Å². The second-order valence-electron chi connectivity index (χ2n) is 11.4. The van der Waals surface area contributed by atoms with Crippen molar-refractivity contribution in [2.75, 3.05) is 0 Å². The molecule has 2 fully saturated rings. The Morgan fingerprint density at radius 2 is 1.76 bits per heavy atom. The van der Waals surface area contributed by atoms with Crippen LogP contribution in [0.1, 0.15) is 55.8 Å². The van der Waals surface area contributed by atoms with Crippen molar-refractivity contribution in [2.45, 2.75) is 96.5 Å². The number of hydrogen-bond donors (Lipinski definition) is 3. The summed E-state index contributed by atoms with van der Waals surface area (Å²) in [5, 5.41) is 38.8. The number of halogens is 2. The summed E-state index contributed by atoms with van der Waals surface area (Å²) in [6, 6.07) is 1.50. The normalized spacial score (nSPS) is 33.2. The Balaban J connectivity index is 1.13. The lowest BCUT2D eigenvalue weighted by Gasteiger charge is -2.49. The van der Waals surface area contributed by atoms with Crippen LogP contribution in [0.4, 0.5) is 8.63 Å². The highest BCUT2D eigenvalue weighted by Crippen LogP contribution is 2.47. The number of nitrogens with zero attached hydrogens (tertiary/aromatic N) is 5. The highest BCUT2D eigenvalue weighted by Gasteiger charge is 2.60. The van der Waals surface area contributed by atoms with Gasteiger partial charge in [-0.2, -0.15) is 0 Å². The van der Waals surface area contributed by atoms with E-state index in [9.17, 15) is 15.3 Å². The lowest BCUT2D eigenvalue weighted by Crippen LogP contribution is -2.57. The molecule has 2 aromatic heterocycles. The van der Waals surface area contributed by atoms with Crippen molar-refractivity contribution in [1.29, 1.82) is 0 Å². The maximum absolute atomic E-state index is 15.7. The Kier molecular flexibility index (Phi) is 6.10. The average Bonchev–Trinajstić information content (AvgIpc) is 3.27. The van der Waals surface area contributed by atoms with Gasteiger partial charge in [-0.1, -0.05) is 11.3 Å². The summed E-state index contributed by atoms with van der Waals surface area (Å²) in [7, 11) is 0. The topological polar surface area (TPSA) is 112 Å². The molecule has 0 aromatic carbocycles. The number of aliphatic hydroxyl groups excluding tert-OH is 3. The highest BCUT2D eigenvalue weighted by molar-refractivity contribution is 6.63. The van der Waals surface area contributed by atoms with E-state index in [1.807, 2.05) is 39.1 Å². The molecule has 1 saturated heterocycles. The van der Waals surface area contributed by atoms with E-state index in [0.717, 1.165) is 35.2 Å². The van der Waals surface area contributed by atoms with E-state index in [0.29, 0.717) is 36.5 Å². The van der Waals surface area contributed by atoms with Crippen LogP contribution in [0.2, 0.25) is 0 Å². The Morgan fingerprint density at radius 3 is 2.53 bits per heavy atom. The van der Waals surface area contributed by atoms with Crippen LogP contribution in [0.3, 0.4) is 0 Å². The van der Waals surface area contributed by atoms with E-state index in [-0.39, 0.29) is 18.1 Å². The summed E-state index contributed by atoms with van der Waals surface area (Å²) in [6.07, 6.45) is 2.62. The first kappa shape index (κ1) is 25.7. The molecule has 0 bridgehead atoms. The van der Waals surface area contributed by atoms with Gasteiger partial charge < -0.3 is 38.0 Å². The fraction of sp³-hybridized carbons (Fsp3) is 0.615. The largest absolute Gasteiger partial charge is 0.529 e. The molecule has 38 heavy (non-hydrogen) atoms. The molecule has 206 valence electrons. The molecular weight excluding hydrogens is 495 g/mol. The fourth-order valence-electron chi connectivity index (χ4n) is 7.01. The SMILES string of the molecule is CC1=C[C@@H](C)N2C1=C(CCCCc1cn(C[C@@H]3[C@@H](O)[C@H](O)[C@@H](O)[C@@H]4O[C@H]34)nn1)c1c(C)cc(C)n1[B-]2(F)F. The van der Waals surface area contributed by atoms with Gasteiger partial charge in [-0.05, 0) is 81.8 Å². The second-order valence-corrected chi connectivity index (χ2v) is 11.4. The minimum absolute atomic E-state index is 0.295. The van der Waals surface area contributed by atoms with E-state index in [4.69, 9.17) is 4.74 Å². The lowest BCUT2D eigenvalue weighted by atomic mass is 9.82. The van der Waals surface area contributed by atoms with Crippen LogP contribution < -0.4 is 0 Å². The molecule has 0 amide bonds. The van der Waals surface area contributed by atoms with E-state index in [2.05, 4.69) is 10.3 Å². The van der Waals surface area contributed by atoms with Crippen LogP contribution in [0.5, 0.6) is 0 Å². The maximum Gasteiger partial charge on any atom is 0.529 e. The van der Waals surface area contributed by atoms with Crippen LogP contribution in [-0.4, -0.2) is 83.1 Å². The van der Waals surface area contributed by atoms with Crippen molar-refractivity contribution in [1.82, 2.24) is 24.3 Å². The number of hydrogen-bond acceptors (Lipinski definition) is 7. The number of epoxide rings is 1. The number of allylic oxidation sites excluding steroid dienone is 2. The highest BCUT2D eigenvalue weighted by atomic mass is 19.2. The van der Waals surface area contributed by atoms with Crippen LogP contribution in [-0.2, 0) is 17.7 Å². The molecular formula is C26H35BF2N5O4-. The molecule has 1 saturated carbocycles. The van der Waals surface area contributed by atoms with E-state index < -0.39 is 31.4 Å². The summed E-state index contributed by atoms with van der Waals surface area (Å²) in [5.41, 5.74) is 5.50. The number of rotatable bonds is 7. The van der Waals surface area contributed by atoms with Crippen LogP contribution in [0.25, 0.3) is 5.57 Å². The number of ether oxygens (including phenoxy) is 1. The molecule has 6 rings (SSSR count). The van der Waals surface area contributed by atoms with Gasteiger partial charge >= 0.3 is 6.97 Å². The molecule has 4 aliphatic rings. The van der Waals surface area contributed by atoms with Gasteiger partial charge in [0.1, 0.15) is 18.3 Å². The van der Waals surface area contributed by atoms with Gasteiger partial charge in [0, 0.05) is 29.5 Å². The molecule has 3 aliphatic heterocycles. The smallest absolute Gasteiger partial charge is 0.464 e. The Morgan fingerprint density at radius 1 is 1.03 bits per heavy atom. The van der Waals surface area contributed by atoms with E-state index >= 15 is 8.63 Å². The van der Waals surface area contributed by atoms with Crippen LogP contribution in [0, 0.1) is 19.8 Å². The molecule has 0 unspecified atom stereocenters. The zero-order valence-corrected chi connectivity index (χ0v) is 22.1. The standard InChI is InChI=1S/C26H35BF2N5O4/c1-13-9-15(3)33-20(13)18(21-14(2)10-16(4)34(21)27(33,28)29)8-6-5-7-17-11-32(31-30-17)12-19-22(35)23(36)24(37)26-25(19)38-26/h9-11,15,19,22-26,35-37H,5-8,12H2,1-4H3/q-1/t15-,19-,22-,23+,24-,25-,26+/m1/s1. The number of aliphatic hydroxyl groups is 3. The van der Waals surface area contributed by atoms with Gasteiger partial charge in [-0.15, -0.1) is 5.10 Å². The van der Waals surface area contributed by atoms with Crippen molar-refractivity contribution in [3.8, 4) is 0 Å². The molecule has 7 atom stereocenters. The summed E-state index contributed by atoms with van der Waals surface area (Å²) >= 11 is 0. The zero-order valence-electron chi connectivity index (χ0n) is 22.1. The third-order valence-electron chi connectivity index (χ3n) is 8.75. The summed E-state index contributed by atoms with van der Waals surface area (Å²) in [6.45, 7) is 3.84. The van der Waals surface area contributed by atoms with Gasteiger partial charge in [0.25, 0.3) is 0 Å². The van der Waals surface area contributed by atoms with Gasteiger partial charge in [-0.3, -0.25) is 4.68 Å². The van der Waals surface area contributed by atoms with Crippen LogP contribution in [0.15, 0.2) is 29.6 Å². The first-order valence-corrected chi connectivity index (χ1v) is 13.5. The molecule has 1 aliphatic carbocycles. The minimum atomic E-state index is -3.91. The summed E-state index contributed by atoms with van der Waals surface area (Å²) in [4.78, 5) is 1.32. The van der Waals surface area contributed by atoms with Gasteiger partial charge in [-0.25, -0.2) is 0 Å². The second kappa shape index (κ2) is 9.01. The van der Waals surface area contributed by atoms with Crippen molar-refractivity contribution in [3.05, 3.63) is 52.3 Å². The van der Waals surface area contributed by atoms with Crippen molar-refractivity contribution in [2.24, 2.45) is 5.92 Å². The monoisotopic (exact) mass is 530 g/mol. The third-order valence-corrected chi connectivity index (χ3v) is 8.75. The van der Waals surface area contributed by atoms with Gasteiger partial charge in [0.2, 0.25) is 0 Å². The fourth-order valence-corrected chi connectivity index (χ4v) is 7.01. The quantitative estimate of drug-likeness (QED) is 0.286. The predicted octanol–water partition coefficient (Wildman–Crippen LogP) is 2.19. The van der Waals surface area contributed by atoms with E-state index in [1.54, 1.807) is 11.6 Å². The number of aryl methyl sites for hydroxylation is 3. The summed E-state index contributed by atoms with van der Waals surface area (Å²) in [5.74, 6) is -0.372. The van der Waals surface area contributed by atoms with Crippen molar-refractivity contribution in [3.63, 3.8) is 0 Å². The maximum atomic E-state index is 15.7. The molecule has 5 heterocycles. The van der Waals surface area contributed by atoms with Crippen molar-refractivity contribution < 1.29 is 28.7 Å². The van der Waals surface area contributed by atoms with Gasteiger partial charge in [0.05, 0.1) is 24.4 Å². The summed E-state index contributed by atoms with van der Waals surface area (Å²) < 4.78 is 39.8. The zero-order chi connectivity index (χ0) is 27.1. The van der Waals surface area contributed by atoms with Crippen molar-refractivity contribution >= 4 is 12.5 Å². The number of unbranched alkanes of at least 4 members (excludes halogenated alkanes) is 1. The third kappa shape index (κ3) is 3.87.